The number of rotatable bonds is 6. The lowest BCUT2D eigenvalue weighted by Crippen LogP contribution is -2.39. The molecule has 2 aliphatic rings. The number of benzene rings is 1. The standard InChI is InChI=1S/C27H39N3O/c1-18(2)23-15-21(16-26-29-24-12-8-9-13-25(24)30(26)4)19(3)14-22(23)17-28-27(31)20-10-6-5-7-11-20/h8-9,12-14,18,20-23H,5-7,10-11,15-17H2,1-4H3,(H,28,31)/t21-,22-,23-/m0/s1. The van der Waals surface area contributed by atoms with Crippen LogP contribution in [0.2, 0.25) is 0 Å². The predicted molar refractivity (Wildman–Crippen MR) is 128 cm³/mol. The molecule has 4 heteroatoms. The zero-order valence-electron chi connectivity index (χ0n) is 19.7. The highest BCUT2D eigenvalue weighted by Gasteiger charge is 2.33. The SMILES string of the molecule is CC1=C[C@@H](CNC(=O)C2CCCCC2)[C@H](C(C)C)C[C@H]1Cc1nc2ccccc2n1C. The van der Waals surface area contributed by atoms with Gasteiger partial charge in [-0.15, -0.1) is 0 Å². The van der Waals surface area contributed by atoms with E-state index in [1.165, 1.54) is 42.6 Å². The van der Waals surface area contributed by atoms with Crippen LogP contribution in [-0.2, 0) is 18.3 Å². The Kier molecular flexibility index (Phi) is 6.83. The molecular weight excluding hydrogens is 382 g/mol. The highest BCUT2D eigenvalue weighted by atomic mass is 16.1. The molecule has 0 aliphatic heterocycles. The lowest BCUT2D eigenvalue weighted by atomic mass is 9.69. The number of nitrogens with one attached hydrogen (secondary N) is 1. The van der Waals surface area contributed by atoms with E-state index in [1.807, 2.05) is 0 Å². The van der Waals surface area contributed by atoms with Gasteiger partial charge in [0.25, 0.3) is 0 Å². The van der Waals surface area contributed by atoms with Crippen molar-refractivity contribution in [2.45, 2.75) is 65.7 Å². The number of carbonyl (C=O) groups is 1. The van der Waals surface area contributed by atoms with Crippen LogP contribution in [0.4, 0.5) is 0 Å². The van der Waals surface area contributed by atoms with Crippen molar-refractivity contribution < 1.29 is 4.79 Å². The third-order valence-corrected chi connectivity index (χ3v) is 7.88. The number of amides is 1. The van der Waals surface area contributed by atoms with E-state index in [4.69, 9.17) is 4.98 Å². The molecular formula is C27H39N3O. The van der Waals surface area contributed by atoms with Gasteiger partial charge in [-0.2, -0.15) is 0 Å². The number of aryl methyl sites for hydroxylation is 1. The zero-order chi connectivity index (χ0) is 22.0. The molecule has 0 radical (unpaired) electrons. The molecule has 0 spiro atoms. The van der Waals surface area contributed by atoms with Crippen molar-refractivity contribution in [3.8, 4) is 0 Å². The van der Waals surface area contributed by atoms with Crippen LogP contribution in [0, 0.1) is 29.6 Å². The molecule has 4 rings (SSSR count). The molecule has 1 aromatic carbocycles. The lowest BCUT2D eigenvalue weighted by Gasteiger charge is -2.37. The maximum absolute atomic E-state index is 12.7. The summed E-state index contributed by atoms with van der Waals surface area (Å²) in [4.78, 5) is 17.6. The molecule has 4 nitrogen and oxygen atoms in total. The van der Waals surface area contributed by atoms with Crippen LogP contribution in [0.5, 0.6) is 0 Å². The largest absolute Gasteiger partial charge is 0.355 e. The minimum atomic E-state index is 0.241. The summed E-state index contributed by atoms with van der Waals surface area (Å²) in [7, 11) is 2.13. The molecule has 1 amide bonds. The molecule has 0 bridgehead atoms. The van der Waals surface area contributed by atoms with E-state index in [-0.39, 0.29) is 11.8 Å². The fourth-order valence-corrected chi connectivity index (χ4v) is 5.83. The average Bonchev–Trinajstić information content (AvgIpc) is 3.09. The minimum absolute atomic E-state index is 0.241. The first kappa shape index (κ1) is 22.1. The quantitative estimate of drug-likeness (QED) is 0.611. The average molecular weight is 422 g/mol. The van der Waals surface area contributed by atoms with E-state index in [0.717, 1.165) is 31.3 Å². The van der Waals surface area contributed by atoms with E-state index in [2.05, 4.69) is 68.0 Å². The van der Waals surface area contributed by atoms with Crippen LogP contribution in [-0.4, -0.2) is 22.0 Å². The number of aromatic nitrogens is 2. The van der Waals surface area contributed by atoms with Crippen LogP contribution in [0.3, 0.4) is 0 Å². The topological polar surface area (TPSA) is 46.9 Å². The Bertz CT molecular complexity index is 935. The second-order valence-corrected chi connectivity index (χ2v) is 10.3. The number of nitrogens with zero attached hydrogens (tertiary/aromatic N) is 2. The Morgan fingerprint density at radius 1 is 1.19 bits per heavy atom. The summed E-state index contributed by atoms with van der Waals surface area (Å²) in [5, 5.41) is 3.32. The molecule has 168 valence electrons. The first-order valence-electron chi connectivity index (χ1n) is 12.3. The smallest absolute Gasteiger partial charge is 0.223 e. The third-order valence-electron chi connectivity index (χ3n) is 7.88. The van der Waals surface area contributed by atoms with Crippen LogP contribution >= 0.6 is 0 Å². The van der Waals surface area contributed by atoms with Gasteiger partial charge in [-0.25, -0.2) is 4.98 Å². The summed E-state index contributed by atoms with van der Waals surface area (Å²) in [5.41, 5.74) is 3.75. The van der Waals surface area contributed by atoms with Crippen molar-refractivity contribution in [1.29, 1.82) is 0 Å². The zero-order valence-corrected chi connectivity index (χ0v) is 19.7. The Hall–Kier alpha value is -2.10. The monoisotopic (exact) mass is 421 g/mol. The van der Waals surface area contributed by atoms with Crippen LogP contribution < -0.4 is 5.32 Å². The van der Waals surface area contributed by atoms with Gasteiger partial charge in [0.05, 0.1) is 11.0 Å². The van der Waals surface area contributed by atoms with Gasteiger partial charge < -0.3 is 9.88 Å². The predicted octanol–water partition coefficient (Wildman–Crippen LogP) is 5.67. The highest BCUT2D eigenvalue weighted by molar-refractivity contribution is 5.78. The minimum Gasteiger partial charge on any atom is -0.355 e. The number of imidazole rings is 1. The molecule has 2 aromatic rings. The third kappa shape index (κ3) is 4.88. The van der Waals surface area contributed by atoms with E-state index < -0.39 is 0 Å². The number of allylic oxidation sites excluding steroid dienone is 1. The molecule has 3 atom stereocenters. The number of carbonyl (C=O) groups excluding carboxylic acids is 1. The van der Waals surface area contributed by atoms with E-state index >= 15 is 0 Å². The Balaban J connectivity index is 1.45. The first-order valence-corrected chi connectivity index (χ1v) is 12.3. The summed E-state index contributed by atoms with van der Waals surface area (Å²) in [6.45, 7) is 7.73. The van der Waals surface area contributed by atoms with Gasteiger partial charge in [0.2, 0.25) is 5.91 Å². The van der Waals surface area contributed by atoms with Crippen LogP contribution in [0.1, 0.15) is 65.1 Å². The molecule has 1 N–H and O–H groups in total. The maximum Gasteiger partial charge on any atom is 0.223 e. The summed E-state index contributed by atoms with van der Waals surface area (Å²) in [6, 6.07) is 8.40. The van der Waals surface area contributed by atoms with Crippen molar-refractivity contribution in [3.05, 3.63) is 41.7 Å². The Labute approximate surface area is 187 Å². The van der Waals surface area contributed by atoms with Crippen molar-refractivity contribution >= 4 is 16.9 Å². The fourth-order valence-electron chi connectivity index (χ4n) is 5.83. The number of hydrogen-bond donors (Lipinski definition) is 1. The normalized spacial score (nSPS) is 25.1. The van der Waals surface area contributed by atoms with Crippen LogP contribution in [0.15, 0.2) is 35.9 Å². The Morgan fingerprint density at radius 2 is 1.94 bits per heavy atom. The number of para-hydroxylation sites is 2. The Morgan fingerprint density at radius 3 is 2.65 bits per heavy atom. The lowest BCUT2D eigenvalue weighted by molar-refractivity contribution is -0.126. The van der Waals surface area contributed by atoms with Gasteiger partial charge >= 0.3 is 0 Å². The molecule has 1 saturated carbocycles. The molecule has 0 unspecified atom stereocenters. The number of fused-ring (bicyclic) bond motifs is 1. The number of hydrogen-bond acceptors (Lipinski definition) is 2. The van der Waals surface area contributed by atoms with Crippen molar-refractivity contribution in [2.75, 3.05) is 6.54 Å². The molecule has 31 heavy (non-hydrogen) atoms. The van der Waals surface area contributed by atoms with E-state index in [9.17, 15) is 4.79 Å². The molecule has 0 saturated heterocycles. The van der Waals surface area contributed by atoms with Crippen LogP contribution in [0.25, 0.3) is 11.0 Å². The second kappa shape index (κ2) is 9.58. The van der Waals surface area contributed by atoms with Gasteiger partial charge in [0, 0.05) is 25.9 Å². The fraction of sp³-hybridized carbons (Fsp3) is 0.630. The van der Waals surface area contributed by atoms with Gasteiger partial charge in [-0.05, 0) is 62.0 Å². The summed E-state index contributed by atoms with van der Waals surface area (Å²) in [5.74, 6) is 3.85. The van der Waals surface area contributed by atoms with Gasteiger partial charge in [-0.3, -0.25) is 4.79 Å². The molecule has 1 heterocycles. The van der Waals surface area contributed by atoms with E-state index in [0.29, 0.717) is 23.7 Å². The summed E-state index contributed by atoms with van der Waals surface area (Å²) >= 11 is 0. The van der Waals surface area contributed by atoms with Gasteiger partial charge in [-0.1, -0.05) is 56.9 Å². The molecule has 2 aliphatic carbocycles. The first-order chi connectivity index (χ1) is 14.9. The summed E-state index contributed by atoms with van der Waals surface area (Å²) in [6.07, 6.45) is 10.5. The molecule has 1 aromatic heterocycles. The maximum atomic E-state index is 12.7. The summed E-state index contributed by atoms with van der Waals surface area (Å²) < 4.78 is 2.25. The van der Waals surface area contributed by atoms with Crippen molar-refractivity contribution in [2.24, 2.45) is 36.6 Å². The second-order valence-electron chi connectivity index (χ2n) is 10.3. The van der Waals surface area contributed by atoms with Gasteiger partial charge in [0.15, 0.2) is 0 Å². The van der Waals surface area contributed by atoms with Crippen molar-refractivity contribution in [1.82, 2.24) is 14.9 Å². The van der Waals surface area contributed by atoms with Gasteiger partial charge in [0.1, 0.15) is 5.82 Å². The van der Waals surface area contributed by atoms with Crippen molar-refractivity contribution in [3.63, 3.8) is 0 Å². The molecule has 1 fully saturated rings. The highest BCUT2D eigenvalue weighted by Crippen LogP contribution is 2.39. The van der Waals surface area contributed by atoms with E-state index in [1.54, 1.807) is 0 Å².